The van der Waals surface area contributed by atoms with Crippen LogP contribution >= 0.6 is 46.4 Å². The molecular weight excluding hydrogens is 1020 g/mol. The number of Topliss-reactive ketones (excluding diaryl/α,β-unsaturated/α-hetero) is 2. The summed E-state index contributed by atoms with van der Waals surface area (Å²) in [6, 6.07) is 13.3. The minimum atomic E-state index is -4.91. The Morgan fingerprint density at radius 1 is 0.500 bits per heavy atom. The van der Waals surface area contributed by atoms with E-state index in [1.165, 1.54) is 60.7 Å². The van der Waals surface area contributed by atoms with E-state index in [2.05, 4.69) is 41.7 Å². The average Bonchev–Trinajstić information content (AvgIpc) is 3.26. The quantitative estimate of drug-likeness (QED) is 0.0430. The highest BCUT2D eigenvalue weighted by Gasteiger charge is 2.38. The second-order valence-corrected chi connectivity index (χ2v) is 16.3. The van der Waals surface area contributed by atoms with E-state index in [-0.39, 0.29) is 56.8 Å². The van der Waals surface area contributed by atoms with Crippen molar-refractivity contribution in [2.45, 2.75) is 65.0 Å². The van der Waals surface area contributed by atoms with Crippen LogP contribution in [0.5, 0.6) is 0 Å². The molecule has 366 valence electrons. The summed E-state index contributed by atoms with van der Waals surface area (Å²) in [6.45, 7) is 5.62. The summed E-state index contributed by atoms with van der Waals surface area (Å²) in [5.41, 5.74) is -3.44. The lowest BCUT2D eigenvalue weighted by atomic mass is 9.98. The van der Waals surface area contributed by atoms with Gasteiger partial charge >= 0.3 is 12.4 Å². The maximum Gasteiger partial charge on any atom is 0.419 e. The molecule has 5 aromatic carbocycles. The second kappa shape index (κ2) is 22.8. The predicted molar refractivity (Wildman–Crippen MR) is 252 cm³/mol. The van der Waals surface area contributed by atoms with Gasteiger partial charge in [0, 0.05) is 11.4 Å². The Kier molecular flexibility index (Phi) is 17.6. The number of azo groups is 2. The first-order valence-electron chi connectivity index (χ1n) is 20.4. The number of nitrogens with zero attached hydrogens (tertiary/aromatic N) is 4. The van der Waals surface area contributed by atoms with Crippen LogP contribution in [0.1, 0.15) is 70.7 Å². The van der Waals surface area contributed by atoms with E-state index < -0.39 is 92.2 Å². The first-order chi connectivity index (χ1) is 32.9. The summed E-state index contributed by atoms with van der Waals surface area (Å²) in [6.07, 6.45) is -9.28. The van der Waals surface area contributed by atoms with Gasteiger partial charge in [-0.05, 0) is 98.5 Å². The normalized spacial score (nSPS) is 12.7. The van der Waals surface area contributed by atoms with Crippen molar-refractivity contribution < 1.29 is 55.1 Å². The number of anilines is 4. The molecule has 2 atom stereocenters. The van der Waals surface area contributed by atoms with Crippen molar-refractivity contribution in [1.82, 2.24) is 0 Å². The molecule has 0 saturated carbocycles. The van der Waals surface area contributed by atoms with E-state index in [1.807, 2.05) is 0 Å². The highest BCUT2D eigenvalue weighted by molar-refractivity contribution is 6.37. The molecule has 0 saturated heterocycles. The summed E-state index contributed by atoms with van der Waals surface area (Å²) in [5.74, 6) is -5.52. The molecule has 4 amide bonds. The molecule has 0 aliphatic heterocycles. The maximum atomic E-state index is 13.7. The fraction of sp³-hybridized carbons (Fsp3) is 0.217. The Labute approximate surface area is 414 Å². The van der Waals surface area contributed by atoms with Crippen LogP contribution in [-0.4, -0.2) is 47.3 Å². The Balaban J connectivity index is 1.33. The molecule has 5 aromatic rings. The van der Waals surface area contributed by atoms with Crippen molar-refractivity contribution in [1.29, 1.82) is 0 Å². The highest BCUT2D eigenvalue weighted by atomic mass is 35.5. The van der Waals surface area contributed by atoms with Crippen molar-refractivity contribution in [2.24, 2.45) is 20.5 Å². The monoisotopic (exact) mass is 1050 g/mol. The van der Waals surface area contributed by atoms with Gasteiger partial charge in [0.15, 0.2) is 11.6 Å². The van der Waals surface area contributed by atoms with Crippen LogP contribution in [-0.2, 0) is 44.4 Å². The Bertz CT molecular complexity index is 2770. The first kappa shape index (κ1) is 54.2. The Hall–Kier alpha value is -6.74. The number of halogens is 10. The summed E-state index contributed by atoms with van der Waals surface area (Å²) < 4.78 is 82.2. The third kappa shape index (κ3) is 12.7. The van der Waals surface area contributed by atoms with Crippen molar-refractivity contribution in [3.63, 3.8) is 0 Å². The number of alkyl halides is 6. The summed E-state index contributed by atoms with van der Waals surface area (Å²) in [5, 5.41) is 23.1. The molecule has 24 heteroatoms. The van der Waals surface area contributed by atoms with Gasteiger partial charge in [-0.25, -0.2) is 0 Å². The van der Waals surface area contributed by atoms with Crippen LogP contribution in [0.25, 0.3) is 0 Å². The lowest BCUT2D eigenvalue weighted by Crippen LogP contribution is -2.33. The molecule has 0 spiro atoms. The largest absolute Gasteiger partial charge is 0.419 e. The van der Waals surface area contributed by atoms with Crippen LogP contribution in [0.2, 0.25) is 20.1 Å². The topological polar surface area (TPSA) is 200 Å². The minimum absolute atomic E-state index is 0.207. The molecule has 0 fully saturated rings. The van der Waals surface area contributed by atoms with Crippen molar-refractivity contribution in [2.75, 3.05) is 21.3 Å². The van der Waals surface area contributed by atoms with Gasteiger partial charge in [0.25, 0.3) is 23.6 Å². The maximum absolute atomic E-state index is 13.7. The van der Waals surface area contributed by atoms with Crippen LogP contribution in [0.15, 0.2) is 105 Å². The number of carbonyl (C=O) groups is 6. The minimum Gasteiger partial charge on any atom is -0.323 e. The van der Waals surface area contributed by atoms with Gasteiger partial charge in [0.1, 0.15) is 11.4 Å². The predicted octanol–water partition coefficient (Wildman–Crippen LogP) is 13.3. The number of nitrogens with one attached hydrogen (secondary N) is 4. The summed E-state index contributed by atoms with van der Waals surface area (Å²) in [4.78, 5) is 78.9. The molecule has 0 aromatic heterocycles. The van der Waals surface area contributed by atoms with E-state index in [9.17, 15) is 55.1 Å². The number of ketones is 2. The van der Waals surface area contributed by atoms with Crippen LogP contribution in [0.3, 0.4) is 0 Å². The number of benzene rings is 5. The van der Waals surface area contributed by atoms with Gasteiger partial charge in [0.2, 0.25) is 12.1 Å². The molecule has 0 aliphatic rings. The average molecular weight is 1050 g/mol. The standard InChI is InChI=1S/C46H36Cl4F6N8O6/c1-5-23-24(6-2)30(58-44(70)40(22(4)66)64-62-34-18-8-12-26(38(34)50)42(68)60-32-16-10-14-28(48)36(32)46(54,55)56)20-19-29(23)57-43(69)39(21(3)65)63-61-33-17-7-11-25(37(33)49)41(67)59-31-15-9-13-27(47)35(31)45(51,52)53/h7-20,39-40H,5-6H2,1-4H3,(H,57,69)(H,58,70)(H,59,67)(H,60,68). The molecule has 70 heavy (non-hydrogen) atoms. The van der Waals surface area contributed by atoms with Crippen LogP contribution in [0.4, 0.5) is 60.5 Å². The zero-order chi connectivity index (χ0) is 51.8. The van der Waals surface area contributed by atoms with Gasteiger partial charge in [-0.2, -0.15) is 46.8 Å². The Morgan fingerprint density at radius 3 is 1.16 bits per heavy atom. The first-order valence-corrected chi connectivity index (χ1v) is 21.9. The Morgan fingerprint density at radius 2 is 0.843 bits per heavy atom. The molecule has 0 radical (unpaired) electrons. The van der Waals surface area contributed by atoms with E-state index in [0.717, 1.165) is 38.1 Å². The van der Waals surface area contributed by atoms with E-state index in [1.54, 1.807) is 13.8 Å². The molecule has 0 aliphatic carbocycles. The lowest BCUT2D eigenvalue weighted by molar-refractivity contribution is -0.137. The van der Waals surface area contributed by atoms with Crippen molar-refractivity contribution >= 4 is 116 Å². The molecule has 4 N–H and O–H groups in total. The van der Waals surface area contributed by atoms with E-state index >= 15 is 0 Å². The van der Waals surface area contributed by atoms with Gasteiger partial charge in [-0.3, -0.25) is 28.8 Å². The number of hydrogen-bond acceptors (Lipinski definition) is 10. The van der Waals surface area contributed by atoms with Crippen molar-refractivity contribution in [3.05, 3.63) is 138 Å². The summed E-state index contributed by atoms with van der Waals surface area (Å²) in [7, 11) is 0. The fourth-order valence-corrected chi connectivity index (χ4v) is 7.83. The third-order valence-corrected chi connectivity index (χ3v) is 11.4. The molecular formula is C46H36Cl4F6N8O6. The smallest absolute Gasteiger partial charge is 0.323 e. The van der Waals surface area contributed by atoms with Gasteiger partial charge < -0.3 is 21.3 Å². The highest BCUT2D eigenvalue weighted by Crippen LogP contribution is 2.42. The second-order valence-electron chi connectivity index (χ2n) is 14.8. The fourth-order valence-electron chi connectivity index (χ4n) is 6.77. The SMILES string of the molecule is CCc1c(NC(=O)C(N=Nc2cccc(C(=O)Nc3cccc(Cl)c3C(F)(F)F)c2Cl)C(C)=O)ccc(NC(=O)C(N=Nc2cccc(C(=O)Nc3cccc(Cl)c3C(F)(F)F)c2Cl)C(C)=O)c1CC. The zero-order valence-electron chi connectivity index (χ0n) is 36.7. The molecule has 5 rings (SSSR count). The van der Waals surface area contributed by atoms with Gasteiger partial charge in [-0.15, -0.1) is 0 Å². The van der Waals surface area contributed by atoms with Crippen LogP contribution in [0, 0.1) is 0 Å². The van der Waals surface area contributed by atoms with Crippen molar-refractivity contribution in [3.8, 4) is 0 Å². The van der Waals surface area contributed by atoms with E-state index in [0.29, 0.717) is 11.1 Å². The molecule has 2 unspecified atom stereocenters. The number of amides is 4. The van der Waals surface area contributed by atoms with Gasteiger partial charge in [0.05, 0.1) is 53.7 Å². The number of rotatable bonds is 16. The number of hydrogen-bond donors (Lipinski definition) is 4. The summed E-state index contributed by atoms with van der Waals surface area (Å²) >= 11 is 24.4. The van der Waals surface area contributed by atoms with Crippen LogP contribution < -0.4 is 21.3 Å². The molecule has 0 bridgehead atoms. The molecule has 14 nitrogen and oxygen atoms in total. The van der Waals surface area contributed by atoms with Gasteiger partial charge in [-0.1, -0.05) is 84.5 Å². The molecule has 0 heterocycles. The lowest BCUT2D eigenvalue weighted by Gasteiger charge is -2.20. The third-order valence-electron chi connectivity index (χ3n) is 10.0. The number of carbonyl (C=O) groups excluding carboxylic acids is 6. The van der Waals surface area contributed by atoms with E-state index in [4.69, 9.17) is 46.4 Å². The zero-order valence-corrected chi connectivity index (χ0v) is 39.7.